The number of nitrogens with one attached hydrogen (secondary N) is 1. The molecule has 0 radical (unpaired) electrons. The van der Waals surface area contributed by atoms with Crippen molar-refractivity contribution in [2.24, 2.45) is 7.05 Å². The number of thiophene rings is 1. The van der Waals surface area contributed by atoms with Gasteiger partial charge in [-0.3, -0.25) is 4.68 Å². The molecule has 0 aliphatic carbocycles. The number of rotatable bonds is 6. The molecule has 0 aliphatic rings. The van der Waals surface area contributed by atoms with Crippen LogP contribution >= 0.6 is 27.3 Å². The van der Waals surface area contributed by atoms with Gasteiger partial charge in [0.1, 0.15) is 0 Å². The van der Waals surface area contributed by atoms with Gasteiger partial charge >= 0.3 is 0 Å². The Morgan fingerprint density at radius 2 is 2.33 bits per heavy atom. The summed E-state index contributed by atoms with van der Waals surface area (Å²) in [6.45, 7) is 3.22. The number of halogens is 1. The summed E-state index contributed by atoms with van der Waals surface area (Å²) in [5.41, 5.74) is 1.26. The molecule has 1 N–H and O–H groups in total. The summed E-state index contributed by atoms with van der Waals surface area (Å²) in [4.78, 5) is 1.39. The summed E-state index contributed by atoms with van der Waals surface area (Å²) >= 11 is 5.32. The molecule has 5 heteroatoms. The third kappa shape index (κ3) is 3.67. The van der Waals surface area contributed by atoms with Gasteiger partial charge in [-0.25, -0.2) is 0 Å². The Morgan fingerprint density at radius 1 is 1.50 bits per heavy atom. The molecular formula is C13H18BrN3S. The number of hydrogen-bond acceptors (Lipinski definition) is 3. The van der Waals surface area contributed by atoms with Gasteiger partial charge in [0, 0.05) is 36.1 Å². The van der Waals surface area contributed by atoms with Crippen molar-refractivity contribution in [3.8, 4) is 0 Å². The lowest BCUT2D eigenvalue weighted by atomic mass is 10.1. The van der Waals surface area contributed by atoms with E-state index >= 15 is 0 Å². The third-order valence-electron chi connectivity index (χ3n) is 2.80. The minimum Gasteiger partial charge on any atom is -0.310 e. The van der Waals surface area contributed by atoms with Crippen LogP contribution in [-0.2, 0) is 13.5 Å². The van der Waals surface area contributed by atoms with E-state index in [2.05, 4.69) is 51.6 Å². The molecule has 98 valence electrons. The van der Waals surface area contributed by atoms with Gasteiger partial charge in [0.15, 0.2) is 0 Å². The van der Waals surface area contributed by atoms with Crippen molar-refractivity contribution in [2.75, 3.05) is 6.54 Å². The van der Waals surface area contributed by atoms with Crippen LogP contribution in [-0.4, -0.2) is 16.3 Å². The molecule has 2 heterocycles. The smallest absolute Gasteiger partial charge is 0.0701 e. The van der Waals surface area contributed by atoms with E-state index in [0.29, 0.717) is 6.04 Å². The monoisotopic (exact) mass is 327 g/mol. The highest BCUT2D eigenvalue weighted by Crippen LogP contribution is 2.26. The van der Waals surface area contributed by atoms with Gasteiger partial charge in [0.25, 0.3) is 0 Å². The van der Waals surface area contributed by atoms with Gasteiger partial charge in [0.2, 0.25) is 0 Å². The molecule has 2 aromatic rings. The summed E-state index contributed by atoms with van der Waals surface area (Å²) in [6, 6.07) is 4.65. The lowest BCUT2D eigenvalue weighted by Crippen LogP contribution is -2.23. The lowest BCUT2D eigenvalue weighted by Gasteiger charge is -2.16. The van der Waals surface area contributed by atoms with E-state index in [1.165, 1.54) is 14.2 Å². The highest BCUT2D eigenvalue weighted by atomic mass is 79.9. The largest absolute Gasteiger partial charge is 0.310 e. The van der Waals surface area contributed by atoms with Crippen LogP contribution in [0.1, 0.15) is 29.8 Å². The first kappa shape index (κ1) is 13.8. The van der Waals surface area contributed by atoms with E-state index in [-0.39, 0.29) is 0 Å². The molecule has 2 rings (SSSR count). The van der Waals surface area contributed by atoms with Gasteiger partial charge in [0.05, 0.1) is 9.98 Å². The maximum atomic E-state index is 4.26. The Labute approximate surface area is 120 Å². The number of nitrogens with zero attached hydrogens (tertiary/aromatic N) is 2. The molecule has 2 aromatic heterocycles. The Kier molecular flexibility index (Phi) is 4.97. The molecule has 0 spiro atoms. The Hall–Kier alpha value is -0.650. The second-order valence-corrected chi connectivity index (χ2v) is 6.91. The van der Waals surface area contributed by atoms with Crippen LogP contribution in [0.25, 0.3) is 0 Å². The highest BCUT2D eigenvalue weighted by molar-refractivity contribution is 9.11. The van der Waals surface area contributed by atoms with Gasteiger partial charge in [-0.15, -0.1) is 11.3 Å². The standard InChI is InChI=1S/C13H18BrN3S/c1-3-6-15-12(10-8-16-17(2)9-10)7-11-4-5-13(14)18-11/h4-5,8-9,12,15H,3,6-7H2,1-2H3. The van der Waals surface area contributed by atoms with Crippen LogP contribution in [0.5, 0.6) is 0 Å². The van der Waals surface area contributed by atoms with Crippen LogP contribution in [0.3, 0.4) is 0 Å². The fraction of sp³-hybridized carbons (Fsp3) is 0.462. The van der Waals surface area contributed by atoms with Crippen molar-refractivity contribution in [3.63, 3.8) is 0 Å². The number of aryl methyl sites for hydroxylation is 1. The molecule has 18 heavy (non-hydrogen) atoms. The summed E-state index contributed by atoms with van der Waals surface area (Å²) in [5, 5.41) is 7.86. The zero-order chi connectivity index (χ0) is 13.0. The average Bonchev–Trinajstić information content (AvgIpc) is 2.93. The van der Waals surface area contributed by atoms with Crippen molar-refractivity contribution in [3.05, 3.63) is 38.8 Å². The Bertz CT molecular complexity index is 492. The van der Waals surface area contributed by atoms with Crippen molar-refractivity contribution in [1.29, 1.82) is 0 Å². The molecule has 0 amide bonds. The predicted octanol–water partition coefficient (Wildman–Crippen LogP) is 3.53. The quantitative estimate of drug-likeness (QED) is 0.879. The van der Waals surface area contributed by atoms with E-state index in [9.17, 15) is 0 Å². The zero-order valence-electron chi connectivity index (χ0n) is 10.7. The molecule has 1 atom stereocenters. The van der Waals surface area contributed by atoms with Gasteiger partial charge in [-0.2, -0.15) is 5.10 Å². The van der Waals surface area contributed by atoms with Gasteiger partial charge in [-0.1, -0.05) is 6.92 Å². The van der Waals surface area contributed by atoms with E-state index in [1.807, 2.05) is 17.9 Å². The first-order valence-electron chi connectivity index (χ1n) is 6.15. The van der Waals surface area contributed by atoms with Crippen LogP contribution < -0.4 is 5.32 Å². The van der Waals surface area contributed by atoms with Crippen LogP contribution in [0.15, 0.2) is 28.3 Å². The maximum absolute atomic E-state index is 4.26. The van der Waals surface area contributed by atoms with Crippen LogP contribution in [0.4, 0.5) is 0 Å². The molecule has 0 bridgehead atoms. The predicted molar refractivity (Wildman–Crippen MR) is 80.0 cm³/mol. The molecule has 1 unspecified atom stereocenters. The van der Waals surface area contributed by atoms with Crippen LogP contribution in [0, 0.1) is 0 Å². The van der Waals surface area contributed by atoms with E-state index in [1.54, 1.807) is 11.3 Å². The first-order chi connectivity index (χ1) is 8.69. The SMILES string of the molecule is CCCNC(Cc1ccc(Br)s1)c1cnn(C)c1. The molecule has 3 nitrogen and oxygen atoms in total. The summed E-state index contributed by atoms with van der Waals surface area (Å²) in [6.07, 6.45) is 6.21. The minimum absolute atomic E-state index is 0.351. The second kappa shape index (κ2) is 6.50. The minimum atomic E-state index is 0.351. The highest BCUT2D eigenvalue weighted by Gasteiger charge is 2.14. The van der Waals surface area contributed by atoms with E-state index < -0.39 is 0 Å². The van der Waals surface area contributed by atoms with Crippen molar-refractivity contribution >= 4 is 27.3 Å². The molecular weight excluding hydrogens is 310 g/mol. The fourth-order valence-electron chi connectivity index (χ4n) is 1.91. The molecule has 0 fully saturated rings. The van der Waals surface area contributed by atoms with E-state index in [0.717, 1.165) is 19.4 Å². The third-order valence-corrected chi connectivity index (χ3v) is 4.45. The fourth-order valence-corrected chi connectivity index (χ4v) is 3.44. The van der Waals surface area contributed by atoms with Crippen molar-refractivity contribution in [1.82, 2.24) is 15.1 Å². The number of aromatic nitrogens is 2. The second-order valence-electron chi connectivity index (χ2n) is 4.36. The van der Waals surface area contributed by atoms with E-state index in [4.69, 9.17) is 0 Å². The Balaban J connectivity index is 2.09. The molecule has 0 aromatic carbocycles. The summed E-state index contributed by atoms with van der Waals surface area (Å²) in [7, 11) is 1.96. The van der Waals surface area contributed by atoms with Crippen molar-refractivity contribution < 1.29 is 0 Å². The lowest BCUT2D eigenvalue weighted by molar-refractivity contribution is 0.532. The molecule has 0 aliphatic heterocycles. The summed E-state index contributed by atoms with van der Waals surface area (Å²) < 4.78 is 3.05. The maximum Gasteiger partial charge on any atom is 0.0701 e. The van der Waals surface area contributed by atoms with Crippen molar-refractivity contribution in [2.45, 2.75) is 25.8 Å². The zero-order valence-corrected chi connectivity index (χ0v) is 13.1. The first-order valence-corrected chi connectivity index (χ1v) is 7.76. The van der Waals surface area contributed by atoms with Crippen LogP contribution in [0.2, 0.25) is 0 Å². The summed E-state index contributed by atoms with van der Waals surface area (Å²) in [5.74, 6) is 0. The van der Waals surface area contributed by atoms with Gasteiger partial charge in [-0.05, 0) is 41.0 Å². The van der Waals surface area contributed by atoms with Gasteiger partial charge < -0.3 is 5.32 Å². The Morgan fingerprint density at radius 3 is 2.89 bits per heavy atom. The number of hydrogen-bond donors (Lipinski definition) is 1. The molecule has 0 saturated heterocycles. The molecule has 0 saturated carbocycles. The average molecular weight is 328 g/mol. The normalized spacial score (nSPS) is 12.8. The topological polar surface area (TPSA) is 29.9 Å².